The van der Waals surface area contributed by atoms with E-state index in [4.69, 9.17) is 4.63 Å². The molecule has 9 heteroatoms. The number of aryl methyl sites for hydroxylation is 1. The topological polar surface area (TPSA) is 84.8 Å². The summed E-state index contributed by atoms with van der Waals surface area (Å²) in [6, 6.07) is 0. The fourth-order valence-corrected chi connectivity index (χ4v) is 4.31. The Kier molecular flexibility index (Phi) is 2.58. The van der Waals surface area contributed by atoms with Gasteiger partial charge in [-0.1, -0.05) is 10.3 Å². The molecule has 4 fully saturated rings. The van der Waals surface area contributed by atoms with Crippen LogP contribution in [-0.4, -0.2) is 72.3 Å². The lowest BCUT2D eigenvalue weighted by Crippen LogP contribution is -3.57. The van der Waals surface area contributed by atoms with Crippen LogP contribution in [0.25, 0.3) is 0 Å². The summed E-state index contributed by atoms with van der Waals surface area (Å²) in [7, 11) is 0. The molecular formula is C11H21N7O2+4. The maximum Gasteiger partial charge on any atom is 0.224 e. The summed E-state index contributed by atoms with van der Waals surface area (Å²) in [6.45, 7) is 9.51. The van der Waals surface area contributed by atoms with Crippen molar-refractivity contribution in [1.29, 1.82) is 0 Å². The Balaban J connectivity index is 1.60. The molecule has 5 heterocycles. The molecule has 0 aromatic carbocycles. The highest BCUT2D eigenvalue weighted by Gasteiger charge is 2.57. The molecule has 0 amide bonds. The average Bonchev–Trinajstić information content (AvgIpc) is 2.80. The zero-order valence-electron chi connectivity index (χ0n) is 11.6. The summed E-state index contributed by atoms with van der Waals surface area (Å²) < 4.78 is 5.70. The van der Waals surface area contributed by atoms with Crippen LogP contribution < -0.4 is 14.7 Å². The lowest BCUT2D eigenvalue weighted by Gasteiger charge is -2.52. The summed E-state index contributed by atoms with van der Waals surface area (Å²) in [5.74, 6) is 0. The van der Waals surface area contributed by atoms with E-state index in [2.05, 4.69) is 15.5 Å². The molecule has 0 spiro atoms. The lowest BCUT2D eigenvalue weighted by molar-refractivity contribution is -1.43. The van der Waals surface area contributed by atoms with Gasteiger partial charge in [0.2, 0.25) is 40.0 Å². The summed E-state index contributed by atoms with van der Waals surface area (Å²) in [6.07, 6.45) is 0. The molecule has 9 nitrogen and oxygen atoms in total. The molecule has 0 unspecified atom stereocenters. The molecule has 5 rings (SSSR count). The Bertz CT molecular complexity index is 519. The monoisotopic (exact) mass is 283 g/mol. The van der Waals surface area contributed by atoms with Gasteiger partial charge in [-0.2, -0.15) is 19.2 Å². The molecule has 0 aliphatic carbocycles. The number of hydrogen-bond donors (Lipinski definition) is 4. The maximum atomic E-state index is 9.37. The third-order valence-corrected chi connectivity index (χ3v) is 4.71. The number of rotatable bonds is 3. The molecule has 0 radical (unpaired) electrons. The van der Waals surface area contributed by atoms with Gasteiger partial charge in [-0.05, 0) is 12.1 Å². The predicted molar refractivity (Wildman–Crippen MR) is 64.6 cm³/mol. The summed E-state index contributed by atoms with van der Waals surface area (Å²) in [4.78, 5) is 4.93. The van der Waals surface area contributed by atoms with E-state index < -0.39 is 0 Å². The highest BCUT2D eigenvalue weighted by molar-refractivity contribution is 6.00. The SMILES string of the molecule is Cc1nonc1/C(C[N+]12C[NH+]3C[NH+](C[NH+](C3)C1)C2)=N\O. The first-order chi connectivity index (χ1) is 9.67. The molecule has 4 aliphatic heterocycles. The van der Waals surface area contributed by atoms with E-state index in [0.29, 0.717) is 23.6 Å². The lowest BCUT2D eigenvalue weighted by atomic mass is 10.1. The van der Waals surface area contributed by atoms with E-state index in [1.165, 1.54) is 20.0 Å². The van der Waals surface area contributed by atoms with Crippen LogP contribution in [0, 0.1) is 6.92 Å². The second kappa shape index (κ2) is 4.22. The number of nitrogens with zero attached hydrogens (tertiary/aromatic N) is 4. The molecule has 0 atom stereocenters. The molecule has 1 aromatic rings. The van der Waals surface area contributed by atoms with Gasteiger partial charge < -0.3 is 5.21 Å². The van der Waals surface area contributed by atoms with Crippen molar-refractivity contribution in [3.05, 3.63) is 11.4 Å². The molecule has 4 saturated heterocycles. The number of quaternary nitrogens is 4. The Hall–Kier alpha value is -1.55. The van der Waals surface area contributed by atoms with E-state index in [1.54, 1.807) is 14.7 Å². The average molecular weight is 283 g/mol. The second-order valence-electron chi connectivity index (χ2n) is 6.50. The third-order valence-electron chi connectivity index (χ3n) is 4.71. The van der Waals surface area contributed by atoms with Crippen molar-refractivity contribution in [2.24, 2.45) is 5.16 Å². The van der Waals surface area contributed by atoms with Crippen molar-refractivity contribution in [3.8, 4) is 0 Å². The van der Waals surface area contributed by atoms with E-state index in [-0.39, 0.29) is 0 Å². The first-order valence-corrected chi connectivity index (χ1v) is 7.04. The van der Waals surface area contributed by atoms with Crippen LogP contribution in [-0.2, 0) is 0 Å². The maximum absolute atomic E-state index is 9.37. The zero-order chi connectivity index (χ0) is 13.7. The molecule has 20 heavy (non-hydrogen) atoms. The molecular weight excluding hydrogens is 262 g/mol. The van der Waals surface area contributed by atoms with Gasteiger partial charge in [-0.25, -0.2) is 4.63 Å². The summed E-state index contributed by atoms with van der Waals surface area (Å²) in [5, 5.41) is 20.5. The van der Waals surface area contributed by atoms with Crippen LogP contribution in [0.5, 0.6) is 0 Å². The second-order valence-corrected chi connectivity index (χ2v) is 6.50. The Morgan fingerprint density at radius 2 is 1.80 bits per heavy atom. The van der Waals surface area contributed by atoms with Crippen LogP contribution in [0.15, 0.2) is 9.78 Å². The quantitative estimate of drug-likeness (QED) is 0.193. The Morgan fingerprint density at radius 3 is 2.25 bits per heavy atom. The fourth-order valence-electron chi connectivity index (χ4n) is 4.31. The van der Waals surface area contributed by atoms with Crippen LogP contribution in [0.3, 0.4) is 0 Å². The third kappa shape index (κ3) is 1.82. The Morgan fingerprint density at radius 1 is 1.20 bits per heavy atom. The molecule has 4 aliphatic rings. The van der Waals surface area contributed by atoms with Crippen molar-refractivity contribution in [2.75, 3.05) is 46.6 Å². The van der Waals surface area contributed by atoms with Crippen molar-refractivity contribution >= 4 is 5.71 Å². The number of nitrogens with one attached hydrogen (secondary N) is 3. The predicted octanol–water partition coefficient (Wildman–Crippen LogP) is -5.19. The van der Waals surface area contributed by atoms with Crippen LogP contribution >= 0.6 is 0 Å². The van der Waals surface area contributed by atoms with Gasteiger partial charge in [-0.3, -0.25) is 0 Å². The van der Waals surface area contributed by atoms with Gasteiger partial charge in [-0.15, -0.1) is 0 Å². The van der Waals surface area contributed by atoms with E-state index in [1.807, 2.05) is 6.92 Å². The van der Waals surface area contributed by atoms with Crippen molar-refractivity contribution in [2.45, 2.75) is 6.92 Å². The van der Waals surface area contributed by atoms with Gasteiger partial charge >= 0.3 is 0 Å². The largest absolute Gasteiger partial charge is 0.410 e. The minimum Gasteiger partial charge on any atom is -0.410 e. The number of oxime groups is 1. The molecule has 4 N–H and O–H groups in total. The van der Waals surface area contributed by atoms with Crippen LogP contribution in [0.4, 0.5) is 0 Å². The first-order valence-electron chi connectivity index (χ1n) is 7.04. The van der Waals surface area contributed by atoms with Crippen LogP contribution in [0.1, 0.15) is 11.4 Å². The van der Waals surface area contributed by atoms with E-state index in [0.717, 1.165) is 24.5 Å². The molecule has 4 bridgehead atoms. The van der Waals surface area contributed by atoms with Gasteiger partial charge in [0.15, 0.2) is 11.4 Å². The fraction of sp³-hybridized carbons (Fsp3) is 0.727. The van der Waals surface area contributed by atoms with Gasteiger partial charge in [0.05, 0.1) is 0 Å². The normalized spacial score (nSPS) is 39.5. The highest BCUT2D eigenvalue weighted by atomic mass is 16.6. The molecule has 1 aromatic heterocycles. The minimum atomic E-state index is 0.585. The minimum absolute atomic E-state index is 0.585. The summed E-state index contributed by atoms with van der Waals surface area (Å²) in [5.41, 5.74) is 1.86. The van der Waals surface area contributed by atoms with Crippen LogP contribution in [0.2, 0.25) is 0 Å². The molecule has 108 valence electrons. The Labute approximate surface area is 116 Å². The standard InChI is InChI=1S/C11H17N7O2/c1-9-11(14-20-13-9)10(12-19)2-18-6-15-3-16(7-18)5-17(4-15)8-18/h2-8H2,1H3/p+4/b12-10-. The smallest absolute Gasteiger partial charge is 0.224 e. The van der Waals surface area contributed by atoms with E-state index in [9.17, 15) is 5.21 Å². The van der Waals surface area contributed by atoms with Crippen molar-refractivity contribution in [1.82, 2.24) is 10.3 Å². The summed E-state index contributed by atoms with van der Waals surface area (Å²) >= 11 is 0. The molecule has 0 saturated carbocycles. The number of hydrogen-bond acceptors (Lipinski definition) is 5. The number of aromatic nitrogens is 2. The van der Waals surface area contributed by atoms with E-state index >= 15 is 0 Å². The van der Waals surface area contributed by atoms with Gasteiger partial charge in [0.1, 0.15) is 12.2 Å². The first kappa shape index (κ1) is 12.2. The highest BCUT2D eigenvalue weighted by Crippen LogP contribution is 2.10. The zero-order valence-corrected chi connectivity index (χ0v) is 11.6. The van der Waals surface area contributed by atoms with Crippen molar-refractivity contribution < 1.29 is 29.0 Å². The van der Waals surface area contributed by atoms with Crippen molar-refractivity contribution in [3.63, 3.8) is 0 Å². The van der Waals surface area contributed by atoms with Gasteiger partial charge in [0, 0.05) is 0 Å². The van der Waals surface area contributed by atoms with Gasteiger partial charge in [0.25, 0.3) is 0 Å².